The molecule has 0 fully saturated rings. The number of carbonyl (C=O) groups is 2. The second kappa shape index (κ2) is 9.23. The van der Waals surface area contributed by atoms with Crippen molar-refractivity contribution in [2.75, 3.05) is 6.54 Å². The summed E-state index contributed by atoms with van der Waals surface area (Å²) in [6.45, 7) is 6.97. The number of carboxylic acids is 1. The monoisotopic (exact) mass is 305 g/mol. The molecule has 4 heteroatoms. The molecule has 0 spiro atoms. The Kier molecular flexibility index (Phi) is 7.64. The highest BCUT2D eigenvalue weighted by molar-refractivity contribution is 5.89. The average Bonchev–Trinajstić information content (AvgIpc) is 2.49. The number of nitrogens with zero attached hydrogens (tertiary/aromatic N) is 1. The van der Waals surface area contributed by atoms with Crippen LogP contribution in [-0.2, 0) is 11.2 Å². The van der Waals surface area contributed by atoms with E-state index in [2.05, 4.69) is 6.92 Å². The molecule has 122 valence electrons. The summed E-state index contributed by atoms with van der Waals surface area (Å²) in [6.07, 6.45) is 4.10. The van der Waals surface area contributed by atoms with Crippen LogP contribution >= 0.6 is 0 Å². The van der Waals surface area contributed by atoms with Crippen molar-refractivity contribution in [1.82, 2.24) is 4.90 Å². The molecule has 0 saturated heterocycles. The van der Waals surface area contributed by atoms with E-state index in [-0.39, 0.29) is 17.5 Å². The first-order valence-corrected chi connectivity index (χ1v) is 8.08. The Hall–Kier alpha value is -1.84. The van der Waals surface area contributed by atoms with Crippen molar-refractivity contribution in [3.05, 3.63) is 35.4 Å². The average molecular weight is 305 g/mol. The lowest BCUT2D eigenvalue weighted by atomic mass is 10.0. The van der Waals surface area contributed by atoms with Gasteiger partial charge in [-0.15, -0.1) is 0 Å². The van der Waals surface area contributed by atoms with Crippen LogP contribution in [0.25, 0.3) is 0 Å². The molecule has 0 radical (unpaired) electrons. The second-order valence-electron chi connectivity index (χ2n) is 5.85. The quantitative estimate of drug-likeness (QED) is 0.707. The Balaban J connectivity index is 2.65. The van der Waals surface area contributed by atoms with Crippen molar-refractivity contribution in [3.8, 4) is 0 Å². The Morgan fingerprint density at radius 2 is 1.86 bits per heavy atom. The van der Waals surface area contributed by atoms with E-state index in [9.17, 15) is 14.7 Å². The molecule has 1 N–H and O–H groups in total. The summed E-state index contributed by atoms with van der Waals surface area (Å²) >= 11 is 0. The van der Waals surface area contributed by atoms with Gasteiger partial charge in [-0.1, -0.05) is 38.0 Å². The van der Waals surface area contributed by atoms with E-state index in [0.29, 0.717) is 12.8 Å². The maximum atomic E-state index is 12.4. The van der Waals surface area contributed by atoms with Crippen molar-refractivity contribution in [2.24, 2.45) is 0 Å². The first-order valence-electron chi connectivity index (χ1n) is 8.08. The lowest BCUT2D eigenvalue weighted by Crippen LogP contribution is -2.37. The van der Waals surface area contributed by atoms with E-state index in [1.807, 2.05) is 24.8 Å². The SMILES string of the molecule is CCCCCN(C(=O)CCc1ccccc1C(=O)O)C(C)C. The third-order valence-corrected chi connectivity index (χ3v) is 3.80. The molecule has 1 aromatic carbocycles. The van der Waals surface area contributed by atoms with Gasteiger partial charge < -0.3 is 10.0 Å². The maximum absolute atomic E-state index is 12.4. The van der Waals surface area contributed by atoms with Crippen molar-refractivity contribution in [2.45, 2.75) is 58.9 Å². The van der Waals surface area contributed by atoms with Crippen molar-refractivity contribution >= 4 is 11.9 Å². The van der Waals surface area contributed by atoms with E-state index in [4.69, 9.17) is 0 Å². The van der Waals surface area contributed by atoms with Gasteiger partial charge in [0.25, 0.3) is 0 Å². The van der Waals surface area contributed by atoms with E-state index >= 15 is 0 Å². The largest absolute Gasteiger partial charge is 0.478 e. The minimum Gasteiger partial charge on any atom is -0.478 e. The second-order valence-corrected chi connectivity index (χ2v) is 5.85. The number of rotatable bonds is 9. The number of hydrogen-bond acceptors (Lipinski definition) is 2. The van der Waals surface area contributed by atoms with Crippen LogP contribution in [0.15, 0.2) is 24.3 Å². The summed E-state index contributed by atoms with van der Waals surface area (Å²) in [7, 11) is 0. The number of unbranched alkanes of at least 4 members (excludes halogenated alkanes) is 2. The molecule has 1 amide bonds. The molecule has 4 nitrogen and oxygen atoms in total. The Morgan fingerprint density at radius 1 is 1.18 bits per heavy atom. The molecule has 0 heterocycles. The van der Waals surface area contributed by atoms with Gasteiger partial charge >= 0.3 is 5.97 Å². The van der Waals surface area contributed by atoms with Gasteiger partial charge in [-0.25, -0.2) is 4.79 Å². The standard InChI is InChI=1S/C18H27NO3/c1-4-5-8-13-19(14(2)3)17(20)12-11-15-9-6-7-10-16(15)18(21)22/h6-7,9-10,14H,4-5,8,11-13H2,1-3H3,(H,21,22). The van der Waals surface area contributed by atoms with Crippen molar-refractivity contribution < 1.29 is 14.7 Å². The predicted molar refractivity (Wildman–Crippen MR) is 88.1 cm³/mol. The number of benzene rings is 1. The number of carbonyl (C=O) groups excluding carboxylic acids is 1. The Bertz CT molecular complexity index is 497. The van der Waals surface area contributed by atoms with Crippen LogP contribution < -0.4 is 0 Å². The van der Waals surface area contributed by atoms with Gasteiger partial charge in [-0.3, -0.25) is 4.79 Å². The molecular weight excluding hydrogens is 278 g/mol. The number of aromatic carboxylic acids is 1. The molecule has 0 saturated carbocycles. The molecule has 0 aliphatic rings. The lowest BCUT2D eigenvalue weighted by molar-refractivity contribution is -0.132. The highest BCUT2D eigenvalue weighted by atomic mass is 16.4. The van der Waals surface area contributed by atoms with Gasteiger partial charge in [0.05, 0.1) is 5.56 Å². The van der Waals surface area contributed by atoms with E-state index < -0.39 is 5.97 Å². The summed E-state index contributed by atoms with van der Waals surface area (Å²) in [4.78, 5) is 25.5. The summed E-state index contributed by atoms with van der Waals surface area (Å²) < 4.78 is 0. The molecular formula is C18H27NO3. The van der Waals surface area contributed by atoms with Crippen LogP contribution in [0, 0.1) is 0 Å². The highest BCUT2D eigenvalue weighted by Crippen LogP contribution is 2.13. The molecule has 0 aliphatic carbocycles. The minimum atomic E-state index is -0.938. The third-order valence-electron chi connectivity index (χ3n) is 3.80. The summed E-state index contributed by atoms with van der Waals surface area (Å²) in [6, 6.07) is 7.07. The van der Waals surface area contributed by atoms with Crippen molar-refractivity contribution in [3.63, 3.8) is 0 Å². The summed E-state index contributed by atoms with van der Waals surface area (Å²) in [5.74, 6) is -0.835. The van der Waals surface area contributed by atoms with Crippen molar-refractivity contribution in [1.29, 1.82) is 0 Å². The zero-order chi connectivity index (χ0) is 16.5. The normalized spacial score (nSPS) is 10.7. The van der Waals surface area contributed by atoms with Crippen LogP contribution in [0.4, 0.5) is 0 Å². The van der Waals surface area contributed by atoms with E-state index in [1.165, 1.54) is 0 Å². The molecule has 1 rings (SSSR count). The zero-order valence-electron chi connectivity index (χ0n) is 13.8. The molecule has 1 aromatic rings. The first-order chi connectivity index (χ1) is 10.5. The van der Waals surface area contributed by atoms with Gasteiger partial charge in [0.2, 0.25) is 5.91 Å². The smallest absolute Gasteiger partial charge is 0.335 e. The van der Waals surface area contributed by atoms with Crippen LogP contribution in [0.2, 0.25) is 0 Å². The molecule has 0 atom stereocenters. The number of hydrogen-bond donors (Lipinski definition) is 1. The van der Waals surface area contributed by atoms with Gasteiger partial charge in [-0.05, 0) is 38.3 Å². The molecule has 0 aromatic heterocycles. The fraction of sp³-hybridized carbons (Fsp3) is 0.556. The maximum Gasteiger partial charge on any atom is 0.335 e. The fourth-order valence-corrected chi connectivity index (χ4v) is 2.54. The lowest BCUT2D eigenvalue weighted by Gasteiger charge is -2.27. The van der Waals surface area contributed by atoms with Gasteiger partial charge in [0, 0.05) is 19.0 Å². The van der Waals surface area contributed by atoms with Crippen LogP contribution in [-0.4, -0.2) is 34.5 Å². The first kappa shape index (κ1) is 18.2. The molecule has 0 aliphatic heterocycles. The van der Waals surface area contributed by atoms with Gasteiger partial charge in [0.15, 0.2) is 0 Å². The molecule has 22 heavy (non-hydrogen) atoms. The Labute approximate surface area is 133 Å². The third kappa shape index (κ3) is 5.51. The number of aryl methyl sites for hydroxylation is 1. The van der Waals surface area contributed by atoms with Gasteiger partial charge in [-0.2, -0.15) is 0 Å². The molecule has 0 bridgehead atoms. The van der Waals surface area contributed by atoms with Gasteiger partial charge in [0.1, 0.15) is 0 Å². The Morgan fingerprint density at radius 3 is 2.45 bits per heavy atom. The number of carboxylic acid groups (broad SMARTS) is 1. The predicted octanol–water partition coefficient (Wildman–Crippen LogP) is 3.74. The van der Waals surface area contributed by atoms with Crippen LogP contribution in [0.1, 0.15) is 62.4 Å². The van der Waals surface area contributed by atoms with E-state index in [0.717, 1.165) is 31.4 Å². The summed E-state index contributed by atoms with van der Waals surface area (Å²) in [5, 5.41) is 9.18. The highest BCUT2D eigenvalue weighted by Gasteiger charge is 2.17. The van der Waals surface area contributed by atoms with Crippen LogP contribution in [0.3, 0.4) is 0 Å². The number of amides is 1. The summed E-state index contributed by atoms with van der Waals surface area (Å²) in [5.41, 5.74) is 1.01. The molecule has 0 unspecified atom stereocenters. The fourth-order valence-electron chi connectivity index (χ4n) is 2.54. The zero-order valence-corrected chi connectivity index (χ0v) is 13.8. The van der Waals surface area contributed by atoms with Crippen LogP contribution in [0.5, 0.6) is 0 Å². The minimum absolute atomic E-state index is 0.103. The van der Waals surface area contributed by atoms with E-state index in [1.54, 1.807) is 18.2 Å². The topological polar surface area (TPSA) is 57.6 Å².